The molecule has 0 bridgehead atoms. The molecule has 0 saturated carbocycles. The molecule has 1 aromatic rings. The van der Waals surface area contributed by atoms with Crippen LogP contribution in [0.3, 0.4) is 0 Å². The van der Waals surface area contributed by atoms with Crippen LogP contribution in [-0.4, -0.2) is 33.2 Å². The van der Waals surface area contributed by atoms with Crippen LogP contribution in [0.5, 0.6) is 0 Å². The molecule has 1 atom stereocenters. The molecule has 5 nitrogen and oxygen atoms in total. The summed E-state index contributed by atoms with van der Waals surface area (Å²) in [5, 5.41) is 0.0788. The highest BCUT2D eigenvalue weighted by Crippen LogP contribution is 2.23. The summed E-state index contributed by atoms with van der Waals surface area (Å²) in [5.41, 5.74) is 6.00. The standard InChI is InChI=1S/C12H17ClN2O3S2/c1-3-9(7-18-2)15-20(16,17)11-5-4-8(12(14)19)6-10(11)13/h4-6,9,15H,3,7H2,1-2H3,(H2,14,19). The molecule has 0 spiro atoms. The lowest BCUT2D eigenvalue weighted by Crippen LogP contribution is -2.37. The van der Waals surface area contributed by atoms with Crippen LogP contribution in [0.25, 0.3) is 0 Å². The number of benzene rings is 1. The van der Waals surface area contributed by atoms with E-state index in [9.17, 15) is 8.42 Å². The zero-order chi connectivity index (χ0) is 15.3. The van der Waals surface area contributed by atoms with E-state index in [1.54, 1.807) is 0 Å². The Hall–Kier alpha value is -0.730. The molecule has 0 fully saturated rings. The third kappa shape index (κ3) is 4.39. The van der Waals surface area contributed by atoms with Gasteiger partial charge in [0.25, 0.3) is 0 Å². The molecule has 3 N–H and O–H groups in total. The van der Waals surface area contributed by atoms with E-state index < -0.39 is 10.0 Å². The van der Waals surface area contributed by atoms with Gasteiger partial charge in [-0.1, -0.05) is 36.8 Å². The summed E-state index contributed by atoms with van der Waals surface area (Å²) in [7, 11) is -2.20. The van der Waals surface area contributed by atoms with Crippen molar-refractivity contribution in [3.05, 3.63) is 28.8 Å². The van der Waals surface area contributed by atoms with Crippen molar-refractivity contribution in [2.24, 2.45) is 5.73 Å². The third-order valence-corrected chi connectivity index (χ3v) is 4.93. The average Bonchev–Trinajstić information content (AvgIpc) is 2.37. The van der Waals surface area contributed by atoms with E-state index in [0.717, 1.165) is 0 Å². The topological polar surface area (TPSA) is 81.4 Å². The fraction of sp³-hybridized carbons (Fsp3) is 0.417. The summed E-state index contributed by atoms with van der Waals surface area (Å²) < 4.78 is 32.0. The molecule has 0 aliphatic carbocycles. The number of rotatable bonds is 7. The van der Waals surface area contributed by atoms with E-state index in [-0.39, 0.29) is 27.6 Å². The van der Waals surface area contributed by atoms with Crippen LogP contribution in [0.2, 0.25) is 5.02 Å². The molecule has 0 radical (unpaired) electrons. The SMILES string of the molecule is CCC(COC)NS(=O)(=O)c1ccc(C(N)=S)cc1Cl. The van der Waals surface area contributed by atoms with Gasteiger partial charge in [-0.3, -0.25) is 0 Å². The van der Waals surface area contributed by atoms with Gasteiger partial charge in [-0.05, 0) is 18.6 Å². The quantitative estimate of drug-likeness (QED) is 0.740. The van der Waals surface area contributed by atoms with Gasteiger partial charge in [0.1, 0.15) is 9.88 Å². The van der Waals surface area contributed by atoms with Gasteiger partial charge in [-0.15, -0.1) is 0 Å². The molecule has 8 heteroatoms. The largest absolute Gasteiger partial charge is 0.389 e. The number of nitrogens with two attached hydrogens (primary N) is 1. The first kappa shape index (κ1) is 17.3. The van der Waals surface area contributed by atoms with Crippen molar-refractivity contribution in [3.63, 3.8) is 0 Å². The normalized spacial score (nSPS) is 13.2. The van der Waals surface area contributed by atoms with E-state index in [2.05, 4.69) is 4.72 Å². The lowest BCUT2D eigenvalue weighted by molar-refractivity contribution is 0.173. The molecule has 0 aromatic heterocycles. The first-order valence-electron chi connectivity index (χ1n) is 5.92. The summed E-state index contributed by atoms with van der Waals surface area (Å²) >= 11 is 10.8. The summed E-state index contributed by atoms with van der Waals surface area (Å²) in [6.45, 7) is 2.15. The van der Waals surface area contributed by atoms with Crippen molar-refractivity contribution >= 4 is 38.8 Å². The van der Waals surface area contributed by atoms with Crippen molar-refractivity contribution in [2.75, 3.05) is 13.7 Å². The van der Waals surface area contributed by atoms with Gasteiger partial charge in [-0.2, -0.15) is 0 Å². The molecule has 0 aliphatic heterocycles. The van der Waals surface area contributed by atoms with E-state index in [1.165, 1.54) is 25.3 Å². The van der Waals surface area contributed by atoms with E-state index >= 15 is 0 Å². The van der Waals surface area contributed by atoms with Gasteiger partial charge in [0.2, 0.25) is 10.0 Å². The van der Waals surface area contributed by atoms with Gasteiger partial charge >= 0.3 is 0 Å². The number of methoxy groups -OCH3 is 1. The van der Waals surface area contributed by atoms with Crippen molar-refractivity contribution < 1.29 is 13.2 Å². The lowest BCUT2D eigenvalue weighted by Gasteiger charge is -2.17. The second-order valence-electron chi connectivity index (χ2n) is 4.19. The lowest BCUT2D eigenvalue weighted by atomic mass is 10.2. The fourth-order valence-electron chi connectivity index (χ4n) is 1.59. The number of hydrogen-bond acceptors (Lipinski definition) is 4. The average molecular weight is 337 g/mol. The van der Waals surface area contributed by atoms with Crippen LogP contribution in [-0.2, 0) is 14.8 Å². The van der Waals surface area contributed by atoms with Gasteiger partial charge in [0.05, 0.1) is 11.6 Å². The molecular formula is C12H17ClN2O3S2. The fourth-order valence-corrected chi connectivity index (χ4v) is 3.57. The van der Waals surface area contributed by atoms with Gasteiger partial charge in [0.15, 0.2) is 0 Å². The number of hydrogen-bond donors (Lipinski definition) is 2. The second-order valence-corrected chi connectivity index (χ2v) is 6.72. The third-order valence-electron chi connectivity index (χ3n) is 2.69. The summed E-state index contributed by atoms with van der Waals surface area (Å²) in [5.74, 6) is 0. The second kappa shape index (κ2) is 7.33. The Morgan fingerprint density at radius 3 is 2.65 bits per heavy atom. The van der Waals surface area contributed by atoms with E-state index in [4.69, 9.17) is 34.3 Å². The molecule has 0 aliphatic rings. The zero-order valence-corrected chi connectivity index (χ0v) is 13.6. The Labute approximate surface area is 129 Å². The molecule has 0 saturated heterocycles. The predicted octanol–water partition coefficient (Wildman–Crippen LogP) is 1.68. The highest BCUT2D eigenvalue weighted by molar-refractivity contribution is 7.89. The smallest absolute Gasteiger partial charge is 0.242 e. The minimum atomic E-state index is -3.71. The number of ether oxygens (including phenoxy) is 1. The molecule has 112 valence electrons. The van der Waals surface area contributed by atoms with Crippen LogP contribution in [0.1, 0.15) is 18.9 Å². The van der Waals surface area contributed by atoms with Crippen LogP contribution >= 0.6 is 23.8 Å². The van der Waals surface area contributed by atoms with Crippen molar-refractivity contribution in [1.29, 1.82) is 0 Å². The highest BCUT2D eigenvalue weighted by atomic mass is 35.5. The monoisotopic (exact) mass is 336 g/mol. The first-order chi connectivity index (χ1) is 9.31. The minimum Gasteiger partial charge on any atom is -0.389 e. The number of thiocarbonyl (C=S) groups is 1. The molecule has 1 rings (SSSR count). The summed E-state index contributed by atoms with van der Waals surface area (Å²) in [4.78, 5) is 0.156. The number of halogens is 1. The number of sulfonamides is 1. The van der Waals surface area contributed by atoms with Gasteiger partial charge in [-0.25, -0.2) is 13.1 Å². The summed E-state index contributed by atoms with van der Waals surface area (Å²) in [6, 6.07) is 4.05. The van der Waals surface area contributed by atoms with Crippen molar-refractivity contribution in [2.45, 2.75) is 24.3 Å². The molecule has 0 amide bonds. The Morgan fingerprint density at radius 1 is 1.55 bits per heavy atom. The molecular weight excluding hydrogens is 320 g/mol. The molecule has 0 heterocycles. The van der Waals surface area contributed by atoms with E-state index in [0.29, 0.717) is 12.0 Å². The molecule has 1 unspecified atom stereocenters. The van der Waals surface area contributed by atoms with Crippen molar-refractivity contribution in [1.82, 2.24) is 4.72 Å². The first-order valence-corrected chi connectivity index (χ1v) is 8.19. The Kier molecular flexibility index (Phi) is 6.35. The van der Waals surface area contributed by atoms with E-state index in [1.807, 2.05) is 6.92 Å². The van der Waals surface area contributed by atoms with Crippen LogP contribution in [0.4, 0.5) is 0 Å². The number of nitrogens with one attached hydrogen (secondary N) is 1. The molecule has 20 heavy (non-hydrogen) atoms. The zero-order valence-electron chi connectivity index (χ0n) is 11.2. The molecule has 1 aromatic carbocycles. The predicted molar refractivity (Wildman–Crippen MR) is 83.6 cm³/mol. The van der Waals surface area contributed by atoms with Crippen molar-refractivity contribution in [3.8, 4) is 0 Å². The van der Waals surface area contributed by atoms with Crippen LogP contribution in [0, 0.1) is 0 Å². The maximum atomic E-state index is 12.3. The highest BCUT2D eigenvalue weighted by Gasteiger charge is 2.22. The Morgan fingerprint density at radius 2 is 2.20 bits per heavy atom. The van der Waals surface area contributed by atoms with Crippen LogP contribution < -0.4 is 10.5 Å². The maximum Gasteiger partial charge on any atom is 0.242 e. The van der Waals surface area contributed by atoms with Gasteiger partial charge in [0, 0.05) is 18.7 Å². The summed E-state index contributed by atoms with van der Waals surface area (Å²) in [6.07, 6.45) is 0.607. The van der Waals surface area contributed by atoms with Gasteiger partial charge < -0.3 is 10.5 Å². The van der Waals surface area contributed by atoms with Crippen LogP contribution in [0.15, 0.2) is 23.1 Å². The maximum absolute atomic E-state index is 12.3. The minimum absolute atomic E-state index is 0.00582. The Balaban J connectivity index is 3.06. The Bertz CT molecular complexity index is 590.